The van der Waals surface area contributed by atoms with Crippen molar-refractivity contribution in [1.82, 2.24) is 9.78 Å². The molecule has 0 aliphatic heterocycles. The summed E-state index contributed by atoms with van der Waals surface area (Å²) >= 11 is 0. The van der Waals surface area contributed by atoms with Gasteiger partial charge in [-0.25, -0.2) is 0 Å². The number of benzene rings is 1. The maximum Gasteiger partial charge on any atom is 0.0925 e. The Morgan fingerprint density at radius 3 is 2.65 bits per heavy atom. The lowest BCUT2D eigenvalue weighted by Gasteiger charge is -2.03. The number of aromatic nitrogens is 2. The van der Waals surface area contributed by atoms with Gasteiger partial charge in [-0.05, 0) is 25.8 Å². The van der Waals surface area contributed by atoms with Crippen LogP contribution in [0.5, 0.6) is 0 Å². The second-order valence-corrected chi connectivity index (χ2v) is 4.40. The topological polar surface area (TPSA) is 38.1 Å². The van der Waals surface area contributed by atoms with Crippen molar-refractivity contribution >= 4 is 0 Å². The first-order chi connectivity index (χ1) is 8.16. The van der Waals surface area contributed by atoms with Crippen LogP contribution in [0.3, 0.4) is 0 Å². The van der Waals surface area contributed by atoms with Gasteiger partial charge in [-0.1, -0.05) is 30.3 Å². The molecule has 0 unspecified atom stereocenters. The van der Waals surface area contributed by atoms with Crippen LogP contribution < -0.4 is 0 Å². The molecule has 0 amide bonds. The fourth-order valence-electron chi connectivity index (χ4n) is 1.85. The first-order valence-corrected chi connectivity index (χ1v) is 5.93. The average molecular weight is 230 g/mol. The van der Waals surface area contributed by atoms with Gasteiger partial charge in [0.15, 0.2) is 0 Å². The average Bonchev–Trinajstić information content (AvgIpc) is 2.69. The van der Waals surface area contributed by atoms with Crippen molar-refractivity contribution in [2.45, 2.75) is 25.9 Å². The molecule has 2 rings (SSSR count). The monoisotopic (exact) mass is 230 g/mol. The van der Waals surface area contributed by atoms with Crippen molar-refractivity contribution in [3.05, 3.63) is 42.1 Å². The molecule has 0 bridgehead atoms. The Bertz CT molecular complexity index is 474. The summed E-state index contributed by atoms with van der Waals surface area (Å²) in [6.45, 7) is 1.81. The normalized spacial score (nSPS) is 12.6. The molecule has 1 aromatic heterocycles. The number of nitrogens with zero attached hydrogens (tertiary/aromatic N) is 2. The summed E-state index contributed by atoms with van der Waals surface area (Å²) < 4.78 is 1.89. The number of aliphatic hydroxyl groups is 1. The van der Waals surface area contributed by atoms with Crippen LogP contribution in [0.25, 0.3) is 11.3 Å². The van der Waals surface area contributed by atoms with Gasteiger partial charge in [0.25, 0.3) is 0 Å². The molecule has 1 aromatic carbocycles. The van der Waals surface area contributed by atoms with E-state index in [9.17, 15) is 5.11 Å². The van der Waals surface area contributed by atoms with Gasteiger partial charge in [-0.2, -0.15) is 5.10 Å². The molecule has 2 aromatic rings. The van der Waals surface area contributed by atoms with Gasteiger partial charge in [0.1, 0.15) is 0 Å². The molecule has 0 aliphatic rings. The zero-order valence-electron chi connectivity index (χ0n) is 10.3. The Kier molecular flexibility index (Phi) is 3.59. The lowest BCUT2D eigenvalue weighted by atomic mass is 10.1. The minimum atomic E-state index is -0.259. The van der Waals surface area contributed by atoms with Gasteiger partial charge in [0, 0.05) is 18.3 Å². The number of aryl methyl sites for hydroxylation is 2. The summed E-state index contributed by atoms with van der Waals surface area (Å²) in [4.78, 5) is 0. The number of aliphatic hydroxyl groups excluding tert-OH is 1. The molecular weight excluding hydrogens is 212 g/mol. The van der Waals surface area contributed by atoms with E-state index in [0.717, 1.165) is 29.8 Å². The Morgan fingerprint density at radius 2 is 2.00 bits per heavy atom. The number of hydrogen-bond donors (Lipinski definition) is 1. The zero-order chi connectivity index (χ0) is 12.3. The Labute approximate surface area is 102 Å². The number of rotatable bonds is 4. The molecular formula is C14H18N2O. The van der Waals surface area contributed by atoms with Crippen LogP contribution in [-0.2, 0) is 13.5 Å². The van der Waals surface area contributed by atoms with Crippen LogP contribution in [0.1, 0.15) is 19.0 Å². The zero-order valence-corrected chi connectivity index (χ0v) is 10.3. The van der Waals surface area contributed by atoms with Crippen molar-refractivity contribution in [1.29, 1.82) is 0 Å². The van der Waals surface area contributed by atoms with E-state index in [1.54, 1.807) is 0 Å². The Balaban J connectivity index is 2.19. The second-order valence-electron chi connectivity index (χ2n) is 4.40. The third kappa shape index (κ3) is 2.94. The molecule has 90 valence electrons. The van der Waals surface area contributed by atoms with E-state index in [-0.39, 0.29) is 6.10 Å². The molecule has 0 radical (unpaired) electrons. The van der Waals surface area contributed by atoms with Gasteiger partial charge in [-0.3, -0.25) is 4.68 Å². The first kappa shape index (κ1) is 11.9. The summed E-state index contributed by atoms with van der Waals surface area (Å²) in [5, 5.41) is 13.8. The summed E-state index contributed by atoms with van der Waals surface area (Å²) in [6, 6.07) is 12.2. The van der Waals surface area contributed by atoms with Crippen LogP contribution in [0, 0.1) is 0 Å². The fraction of sp³-hybridized carbons (Fsp3) is 0.357. The largest absolute Gasteiger partial charge is 0.393 e. The maximum absolute atomic E-state index is 9.30. The highest BCUT2D eigenvalue weighted by atomic mass is 16.3. The molecule has 3 heteroatoms. The molecule has 0 fully saturated rings. The van der Waals surface area contributed by atoms with Crippen LogP contribution in [-0.4, -0.2) is 21.0 Å². The molecule has 1 N–H and O–H groups in total. The van der Waals surface area contributed by atoms with Gasteiger partial charge in [0.2, 0.25) is 0 Å². The van der Waals surface area contributed by atoms with Crippen molar-refractivity contribution < 1.29 is 5.11 Å². The van der Waals surface area contributed by atoms with E-state index in [4.69, 9.17) is 0 Å². The molecule has 0 saturated heterocycles. The van der Waals surface area contributed by atoms with Crippen LogP contribution in [0.4, 0.5) is 0 Å². The lowest BCUT2D eigenvalue weighted by Crippen LogP contribution is -2.04. The molecule has 0 spiro atoms. The molecule has 0 saturated carbocycles. The van der Waals surface area contributed by atoms with Crippen molar-refractivity contribution in [2.24, 2.45) is 7.05 Å². The van der Waals surface area contributed by atoms with Crippen LogP contribution in [0.2, 0.25) is 0 Å². The van der Waals surface area contributed by atoms with E-state index in [0.29, 0.717) is 0 Å². The second kappa shape index (κ2) is 5.15. The predicted molar refractivity (Wildman–Crippen MR) is 68.6 cm³/mol. The van der Waals surface area contributed by atoms with Crippen molar-refractivity contribution in [3.63, 3.8) is 0 Å². The number of hydrogen-bond acceptors (Lipinski definition) is 2. The Hall–Kier alpha value is -1.61. The Morgan fingerprint density at radius 1 is 1.29 bits per heavy atom. The third-order valence-corrected chi connectivity index (χ3v) is 2.86. The van der Waals surface area contributed by atoms with E-state index >= 15 is 0 Å². The van der Waals surface area contributed by atoms with E-state index in [1.807, 2.05) is 36.9 Å². The van der Waals surface area contributed by atoms with Gasteiger partial charge in [-0.15, -0.1) is 0 Å². The fourth-order valence-corrected chi connectivity index (χ4v) is 1.85. The molecule has 0 aliphatic carbocycles. The minimum Gasteiger partial charge on any atom is -0.393 e. The summed E-state index contributed by atoms with van der Waals surface area (Å²) in [7, 11) is 1.95. The van der Waals surface area contributed by atoms with Crippen molar-refractivity contribution in [3.8, 4) is 11.3 Å². The maximum atomic E-state index is 9.30. The highest BCUT2D eigenvalue weighted by Crippen LogP contribution is 2.19. The smallest absolute Gasteiger partial charge is 0.0925 e. The first-order valence-electron chi connectivity index (χ1n) is 5.93. The van der Waals surface area contributed by atoms with E-state index < -0.39 is 0 Å². The SMILES string of the molecule is C[C@@H](O)CCc1cc(-c2ccccc2)nn1C. The van der Waals surface area contributed by atoms with Gasteiger partial charge < -0.3 is 5.11 Å². The molecule has 3 nitrogen and oxygen atoms in total. The van der Waals surface area contributed by atoms with Crippen LogP contribution in [0.15, 0.2) is 36.4 Å². The molecule has 1 atom stereocenters. The highest BCUT2D eigenvalue weighted by Gasteiger charge is 2.07. The summed E-state index contributed by atoms with van der Waals surface area (Å²) in [5.74, 6) is 0. The summed E-state index contributed by atoms with van der Waals surface area (Å²) in [5.41, 5.74) is 3.28. The van der Waals surface area contributed by atoms with E-state index in [2.05, 4.69) is 23.3 Å². The summed E-state index contributed by atoms with van der Waals surface area (Å²) in [6.07, 6.45) is 1.37. The molecule has 17 heavy (non-hydrogen) atoms. The van der Waals surface area contributed by atoms with Gasteiger partial charge in [0.05, 0.1) is 11.8 Å². The quantitative estimate of drug-likeness (QED) is 0.875. The predicted octanol–water partition coefficient (Wildman–Crippen LogP) is 2.40. The van der Waals surface area contributed by atoms with Crippen LogP contribution >= 0.6 is 0 Å². The van der Waals surface area contributed by atoms with Gasteiger partial charge >= 0.3 is 0 Å². The minimum absolute atomic E-state index is 0.259. The third-order valence-electron chi connectivity index (χ3n) is 2.86. The van der Waals surface area contributed by atoms with Crippen molar-refractivity contribution in [2.75, 3.05) is 0 Å². The lowest BCUT2D eigenvalue weighted by molar-refractivity contribution is 0.184. The standard InChI is InChI=1S/C14H18N2O/c1-11(17)8-9-13-10-14(15-16(13)2)12-6-4-3-5-7-12/h3-7,10-11,17H,8-9H2,1-2H3/t11-/m1/s1. The highest BCUT2D eigenvalue weighted by molar-refractivity contribution is 5.59. The van der Waals surface area contributed by atoms with E-state index in [1.165, 1.54) is 0 Å². The molecule has 1 heterocycles.